The van der Waals surface area contributed by atoms with Gasteiger partial charge in [-0.2, -0.15) is 0 Å². The van der Waals surface area contributed by atoms with E-state index in [1.54, 1.807) is 12.1 Å². The van der Waals surface area contributed by atoms with E-state index in [0.717, 1.165) is 0 Å². The molecule has 0 fully saturated rings. The number of carbonyl (C=O) groups is 1. The number of ether oxygens (including phenoxy) is 1. The lowest BCUT2D eigenvalue weighted by molar-refractivity contribution is -0.138. The summed E-state index contributed by atoms with van der Waals surface area (Å²) in [4.78, 5) is 10.5. The molecule has 16 heavy (non-hydrogen) atoms. The van der Waals surface area contributed by atoms with Gasteiger partial charge >= 0.3 is 5.97 Å². The number of rotatable bonds is 4. The molecule has 5 nitrogen and oxygen atoms in total. The predicted octanol–water partition coefficient (Wildman–Crippen LogP) is 0.777. The van der Waals surface area contributed by atoms with Crippen LogP contribution in [0, 0.1) is 0 Å². The van der Waals surface area contributed by atoms with Crippen molar-refractivity contribution in [2.24, 2.45) is 5.73 Å². The highest BCUT2D eigenvalue weighted by molar-refractivity contribution is 5.85. The minimum atomic E-state index is -1.06. The molecule has 6 heteroatoms. The summed E-state index contributed by atoms with van der Waals surface area (Å²) in [5.74, 6) is -0.736. The number of hydrogen-bond acceptors (Lipinski definition) is 4. The standard InChI is InChI=1S/C10H13NO4.ClH/c1-15-9-3-2-6(5-8(9)12)4-7(11)10(13)14;/h2-3,5,7,12H,4,11H2,1H3,(H,13,14);1H/t7-;/m0./s1. The fourth-order valence-electron chi connectivity index (χ4n) is 1.20. The number of phenols is 1. The molecule has 0 aliphatic rings. The van der Waals surface area contributed by atoms with Crippen LogP contribution in [0.25, 0.3) is 0 Å². The molecular formula is C10H14ClNO4. The quantitative estimate of drug-likeness (QED) is 0.731. The second-order valence-electron chi connectivity index (χ2n) is 3.16. The van der Waals surface area contributed by atoms with E-state index < -0.39 is 12.0 Å². The number of methoxy groups -OCH3 is 1. The maximum absolute atomic E-state index is 10.5. The van der Waals surface area contributed by atoms with Crippen molar-refractivity contribution >= 4 is 18.4 Å². The predicted molar refractivity (Wildman–Crippen MR) is 61.2 cm³/mol. The normalized spacial score (nSPS) is 11.4. The van der Waals surface area contributed by atoms with Gasteiger partial charge in [-0.05, 0) is 24.1 Å². The van der Waals surface area contributed by atoms with Crippen LogP contribution in [-0.4, -0.2) is 29.3 Å². The molecule has 0 radical (unpaired) electrons. The Morgan fingerprint density at radius 3 is 2.62 bits per heavy atom. The number of carboxylic acid groups (broad SMARTS) is 1. The monoisotopic (exact) mass is 247 g/mol. The fraction of sp³-hybridized carbons (Fsp3) is 0.300. The Morgan fingerprint density at radius 2 is 2.19 bits per heavy atom. The number of nitrogens with two attached hydrogens (primary N) is 1. The molecule has 0 spiro atoms. The summed E-state index contributed by atoms with van der Waals surface area (Å²) in [5, 5.41) is 18.0. The summed E-state index contributed by atoms with van der Waals surface area (Å²) in [6.45, 7) is 0. The molecule has 1 aromatic carbocycles. The Hall–Kier alpha value is -1.46. The molecule has 0 saturated heterocycles. The highest BCUT2D eigenvalue weighted by Gasteiger charge is 2.13. The van der Waals surface area contributed by atoms with E-state index in [4.69, 9.17) is 15.6 Å². The molecular weight excluding hydrogens is 234 g/mol. The molecule has 0 amide bonds. The smallest absolute Gasteiger partial charge is 0.320 e. The van der Waals surface area contributed by atoms with Crippen LogP contribution in [0.15, 0.2) is 18.2 Å². The van der Waals surface area contributed by atoms with Gasteiger partial charge in [-0.1, -0.05) is 6.07 Å². The Kier molecular flexibility index (Phi) is 5.63. The van der Waals surface area contributed by atoms with Gasteiger partial charge in [0.25, 0.3) is 0 Å². The van der Waals surface area contributed by atoms with Gasteiger partial charge in [0.1, 0.15) is 6.04 Å². The summed E-state index contributed by atoms with van der Waals surface area (Å²) in [7, 11) is 1.44. The van der Waals surface area contributed by atoms with Crippen molar-refractivity contribution in [3.63, 3.8) is 0 Å². The van der Waals surface area contributed by atoms with Crippen molar-refractivity contribution in [2.75, 3.05) is 7.11 Å². The maximum Gasteiger partial charge on any atom is 0.320 e. The third-order valence-corrected chi connectivity index (χ3v) is 2.02. The summed E-state index contributed by atoms with van der Waals surface area (Å²) < 4.78 is 4.85. The van der Waals surface area contributed by atoms with Crippen LogP contribution in [0.2, 0.25) is 0 Å². The minimum Gasteiger partial charge on any atom is -0.504 e. The van der Waals surface area contributed by atoms with E-state index in [-0.39, 0.29) is 24.6 Å². The van der Waals surface area contributed by atoms with Crippen LogP contribution in [0.4, 0.5) is 0 Å². The highest BCUT2D eigenvalue weighted by Crippen LogP contribution is 2.26. The van der Waals surface area contributed by atoms with Crippen LogP contribution < -0.4 is 10.5 Å². The Morgan fingerprint density at radius 1 is 1.56 bits per heavy atom. The molecule has 0 aliphatic carbocycles. The number of aromatic hydroxyl groups is 1. The number of halogens is 1. The van der Waals surface area contributed by atoms with E-state index in [0.29, 0.717) is 11.3 Å². The van der Waals surface area contributed by atoms with Gasteiger partial charge < -0.3 is 20.7 Å². The summed E-state index contributed by atoms with van der Waals surface area (Å²) in [6, 6.07) is 3.72. The largest absolute Gasteiger partial charge is 0.504 e. The molecule has 0 heterocycles. The Balaban J connectivity index is 0.00000225. The SMILES string of the molecule is COc1ccc(C[C@H](N)C(=O)O)cc1O.Cl. The lowest BCUT2D eigenvalue weighted by Gasteiger charge is -2.08. The zero-order valence-electron chi connectivity index (χ0n) is 8.71. The first-order valence-corrected chi connectivity index (χ1v) is 4.39. The lowest BCUT2D eigenvalue weighted by atomic mass is 10.1. The molecule has 0 bridgehead atoms. The molecule has 0 aromatic heterocycles. The van der Waals surface area contributed by atoms with Gasteiger partial charge in [-0.15, -0.1) is 12.4 Å². The Labute approximate surface area is 99.2 Å². The molecule has 0 saturated carbocycles. The van der Waals surface area contributed by atoms with Gasteiger partial charge in [0.15, 0.2) is 11.5 Å². The average Bonchev–Trinajstić information content (AvgIpc) is 2.18. The molecule has 1 aromatic rings. The van der Waals surface area contributed by atoms with Crippen LogP contribution in [0.1, 0.15) is 5.56 Å². The third kappa shape index (κ3) is 3.60. The molecule has 1 atom stereocenters. The van der Waals surface area contributed by atoms with E-state index in [1.165, 1.54) is 13.2 Å². The first-order valence-electron chi connectivity index (χ1n) is 4.39. The first-order chi connectivity index (χ1) is 7.04. The van der Waals surface area contributed by atoms with Crippen LogP contribution in [-0.2, 0) is 11.2 Å². The van der Waals surface area contributed by atoms with Gasteiger partial charge in [-0.3, -0.25) is 4.79 Å². The number of aliphatic carboxylic acids is 1. The summed E-state index contributed by atoms with van der Waals surface area (Å²) in [5.41, 5.74) is 6.01. The molecule has 4 N–H and O–H groups in total. The summed E-state index contributed by atoms with van der Waals surface area (Å²) in [6.07, 6.45) is 0.173. The van der Waals surface area contributed by atoms with Gasteiger partial charge in [0.2, 0.25) is 0 Å². The van der Waals surface area contributed by atoms with Gasteiger partial charge in [0, 0.05) is 0 Å². The van der Waals surface area contributed by atoms with Gasteiger partial charge in [-0.25, -0.2) is 0 Å². The molecule has 90 valence electrons. The lowest BCUT2D eigenvalue weighted by Crippen LogP contribution is -2.32. The minimum absolute atomic E-state index is 0. The van der Waals surface area contributed by atoms with Crippen molar-refractivity contribution < 1.29 is 19.7 Å². The maximum atomic E-state index is 10.5. The Bertz CT molecular complexity index is 370. The topological polar surface area (TPSA) is 92.8 Å². The molecule has 0 aliphatic heterocycles. The highest BCUT2D eigenvalue weighted by atomic mass is 35.5. The molecule has 0 unspecified atom stereocenters. The van der Waals surface area contributed by atoms with E-state index >= 15 is 0 Å². The van der Waals surface area contributed by atoms with Crippen molar-refractivity contribution in [2.45, 2.75) is 12.5 Å². The number of hydrogen-bond donors (Lipinski definition) is 3. The van der Waals surface area contributed by atoms with Crippen molar-refractivity contribution in [3.05, 3.63) is 23.8 Å². The van der Waals surface area contributed by atoms with Crippen molar-refractivity contribution in [3.8, 4) is 11.5 Å². The van der Waals surface area contributed by atoms with Crippen molar-refractivity contribution in [1.82, 2.24) is 0 Å². The average molecular weight is 248 g/mol. The van der Waals surface area contributed by atoms with Crippen LogP contribution in [0.5, 0.6) is 11.5 Å². The fourth-order valence-corrected chi connectivity index (χ4v) is 1.20. The van der Waals surface area contributed by atoms with E-state index in [1.807, 2.05) is 0 Å². The third-order valence-electron chi connectivity index (χ3n) is 2.02. The number of benzene rings is 1. The molecule has 1 rings (SSSR count). The first kappa shape index (κ1) is 14.5. The second kappa shape index (κ2) is 6.19. The van der Waals surface area contributed by atoms with Crippen molar-refractivity contribution in [1.29, 1.82) is 0 Å². The van der Waals surface area contributed by atoms with E-state index in [2.05, 4.69) is 0 Å². The number of carboxylic acids is 1. The zero-order valence-corrected chi connectivity index (χ0v) is 9.53. The van der Waals surface area contributed by atoms with E-state index in [9.17, 15) is 9.90 Å². The number of phenolic OH excluding ortho intramolecular Hbond substituents is 1. The summed E-state index contributed by atoms with van der Waals surface area (Å²) >= 11 is 0. The zero-order chi connectivity index (χ0) is 11.4. The van der Waals surface area contributed by atoms with Crippen LogP contribution >= 0.6 is 12.4 Å². The van der Waals surface area contributed by atoms with Crippen LogP contribution in [0.3, 0.4) is 0 Å². The second-order valence-corrected chi connectivity index (χ2v) is 3.16. The van der Waals surface area contributed by atoms with Gasteiger partial charge in [0.05, 0.1) is 7.11 Å².